The summed E-state index contributed by atoms with van der Waals surface area (Å²) in [6.45, 7) is 0. The normalized spacial score (nSPS) is 11.2. The Morgan fingerprint density at radius 3 is 2.43 bits per heavy atom. The number of aromatic nitrogens is 1. The van der Waals surface area contributed by atoms with Crippen molar-refractivity contribution in [3.63, 3.8) is 0 Å². The van der Waals surface area contributed by atoms with Crippen LogP contribution in [0.3, 0.4) is 0 Å². The molecule has 0 bridgehead atoms. The minimum atomic E-state index is -4.34. The van der Waals surface area contributed by atoms with Crippen molar-refractivity contribution >= 4 is 35.0 Å². The first-order chi connectivity index (χ1) is 9.85. The summed E-state index contributed by atoms with van der Waals surface area (Å²) >= 11 is 5.64. The van der Waals surface area contributed by atoms with Gasteiger partial charge in [0.2, 0.25) is 0 Å². The third-order valence-electron chi connectivity index (χ3n) is 2.36. The smallest absolute Gasteiger partial charge is 0.322 e. The molecule has 1 amide bonds. The van der Waals surface area contributed by atoms with E-state index < -0.39 is 11.4 Å². The second-order valence-electron chi connectivity index (χ2n) is 3.88. The third kappa shape index (κ3) is 4.64. The number of thioether (sulfide) groups is 1. The Bertz CT molecular complexity index is 647. The molecule has 2 aromatic rings. The van der Waals surface area contributed by atoms with Crippen molar-refractivity contribution in [3.05, 3.63) is 53.3 Å². The van der Waals surface area contributed by atoms with Gasteiger partial charge in [-0.25, -0.2) is 0 Å². The van der Waals surface area contributed by atoms with Crippen LogP contribution in [0, 0.1) is 0 Å². The standard InChI is InChI=1S/C13H8ClF3N2OS/c14-11-5-6-18-7-10(11)12(20)19-8-1-3-9(4-2-8)21-13(15,16)17/h1-7H,(H,19,20). The molecule has 8 heteroatoms. The van der Waals surface area contributed by atoms with Gasteiger partial charge in [0.15, 0.2) is 0 Å². The number of carbonyl (C=O) groups is 1. The third-order valence-corrected chi connectivity index (χ3v) is 3.43. The number of anilines is 1. The van der Waals surface area contributed by atoms with Crippen LogP contribution in [-0.2, 0) is 0 Å². The molecule has 0 aliphatic heterocycles. The fourth-order valence-corrected chi connectivity index (χ4v) is 2.21. The van der Waals surface area contributed by atoms with E-state index in [-0.39, 0.29) is 27.2 Å². The molecule has 0 radical (unpaired) electrons. The molecule has 1 aromatic carbocycles. The minimum Gasteiger partial charge on any atom is -0.322 e. The zero-order valence-electron chi connectivity index (χ0n) is 10.3. The summed E-state index contributed by atoms with van der Waals surface area (Å²) in [6, 6.07) is 6.79. The molecule has 0 fully saturated rings. The zero-order chi connectivity index (χ0) is 15.5. The SMILES string of the molecule is O=C(Nc1ccc(SC(F)(F)F)cc1)c1cnccc1Cl. The Morgan fingerprint density at radius 2 is 1.86 bits per heavy atom. The highest BCUT2D eigenvalue weighted by Crippen LogP contribution is 2.37. The van der Waals surface area contributed by atoms with Gasteiger partial charge in [-0.15, -0.1) is 0 Å². The molecule has 1 aromatic heterocycles. The average molecular weight is 333 g/mol. The molecule has 1 heterocycles. The Labute approximate surface area is 127 Å². The summed E-state index contributed by atoms with van der Waals surface area (Å²) in [5.41, 5.74) is -3.78. The van der Waals surface area contributed by atoms with E-state index in [0.717, 1.165) is 0 Å². The van der Waals surface area contributed by atoms with Crippen LogP contribution < -0.4 is 5.32 Å². The maximum Gasteiger partial charge on any atom is 0.446 e. The van der Waals surface area contributed by atoms with Crippen LogP contribution in [0.2, 0.25) is 5.02 Å². The van der Waals surface area contributed by atoms with Crippen LogP contribution in [-0.4, -0.2) is 16.4 Å². The van der Waals surface area contributed by atoms with Gasteiger partial charge in [-0.3, -0.25) is 9.78 Å². The van der Waals surface area contributed by atoms with E-state index >= 15 is 0 Å². The van der Waals surface area contributed by atoms with Crippen molar-refractivity contribution in [1.82, 2.24) is 4.98 Å². The van der Waals surface area contributed by atoms with Crippen molar-refractivity contribution in [3.8, 4) is 0 Å². The van der Waals surface area contributed by atoms with Gasteiger partial charge in [0.1, 0.15) is 0 Å². The predicted molar refractivity (Wildman–Crippen MR) is 75.6 cm³/mol. The van der Waals surface area contributed by atoms with Crippen LogP contribution in [0.4, 0.5) is 18.9 Å². The van der Waals surface area contributed by atoms with Crippen molar-refractivity contribution in [1.29, 1.82) is 0 Å². The lowest BCUT2D eigenvalue weighted by Crippen LogP contribution is -2.12. The maximum absolute atomic E-state index is 12.2. The summed E-state index contributed by atoms with van der Waals surface area (Å²) in [5.74, 6) is -0.482. The molecule has 0 saturated heterocycles. The number of nitrogens with one attached hydrogen (secondary N) is 1. The molecule has 0 aliphatic rings. The second kappa shape index (κ2) is 6.36. The van der Waals surface area contributed by atoms with Gasteiger partial charge >= 0.3 is 5.51 Å². The van der Waals surface area contributed by atoms with Gasteiger partial charge in [-0.2, -0.15) is 13.2 Å². The molecule has 21 heavy (non-hydrogen) atoms. The van der Waals surface area contributed by atoms with Gasteiger partial charge in [-0.05, 0) is 42.1 Å². The Hall–Kier alpha value is -1.73. The lowest BCUT2D eigenvalue weighted by Gasteiger charge is -2.08. The van der Waals surface area contributed by atoms with E-state index in [4.69, 9.17) is 11.6 Å². The Kier molecular flexibility index (Phi) is 4.74. The monoisotopic (exact) mass is 332 g/mol. The Morgan fingerprint density at radius 1 is 1.19 bits per heavy atom. The topological polar surface area (TPSA) is 42.0 Å². The minimum absolute atomic E-state index is 0.0416. The molecular formula is C13H8ClF3N2OS. The molecule has 0 atom stereocenters. The highest BCUT2D eigenvalue weighted by Gasteiger charge is 2.29. The lowest BCUT2D eigenvalue weighted by molar-refractivity contribution is -0.0328. The maximum atomic E-state index is 12.2. The molecule has 0 saturated carbocycles. The first kappa shape index (κ1) is 15.7. The number of rotatable bonds is 3. The number of hydrogen-bond acceptors (Lipinski definition) is 3. The van der Waals surface area contributed by atoms with Crippen molar-refractivity contribution in [2.45, 2.75) is 10.4 Å². The number of amides is 1. The van der Waals surface area contributed by atoms with Crippen LogP contribution >= 0.6 is 23.4 Å². The number of benzene rings is 1. The van der Waals surface area contributed by atoms with Gasteiger partial charge in [0.25, 0.3) is 5.91 Å². The summed E-state index contributed by atoms with van der Waals surface area (Å²) < 4.78 is 36.6. The van der Waals surface area contributed by atoms with Crippen LogP contribution in [0.15, 0.2) is 47.6 Å². The molecule has 0 aliphatic carbocycles. The fraction of sp³-hybridized carbons (Fsp3) is 0.0769. The van der Waals surface area contributed by atoms with Gasteiger partial charge < -0.3 is 5.32 Å². The molecule has 3 nitrogen and oxygen atoms in total. The molecule has 0 spiro atoms. The van der Waals surface area contributed by atoms with Crippen molar-refractivity contribution in [2.24, 2.45) is 0 Å². The largest absolute Gasteiger partial charge is 0.446 e. The van der Waals surface area contributed by atoms with E-state index in [1.165, 1.54) is 42.7 Å². The molecule has 110 valence electrons. The second-order valence-corrected chi connectivity index (χ2v) is 5.43. The zero-order valence-corrected chi connectivity index (χ0v) is 11.9. The first-order valence-corrected chi connectivity index (χ1v) is 6.81. The number of carbonyl (C=O) groups excluding carboxylic acids is 1. The van der Waals surface area contributed by atoms with Crippen LogP contribution in [0.1, 0.15) is 10.4 Å². The van der Waals surface area contributed by atoms with Crippen LogP contribution in [0.25, 0.3) is 0 Å². The number of pyridine rings is 1. The van der Waals surface area contributed by atoms with E-state index in [1.54, 1.807) is 0 Å². The fourth-order valence-electron chi connectivity index (χ4n) is 1.48. The quantitative estimate of drug-likeness (QED) is 0.835. The van der Waals surface area contributed by atoms with Gasteiger partial charge in [0.05, 0.1) is 10.6 Å². The van der Waals surface area contributed by atoms with E-state index in [1.807, 2.05) is 0 Å². The van der Waals surface area contributed by atoms with Crippen molar-refractivity contribution in [2.75, 3.05) is 5.32 Å². The number of hydrogen-bond donors (Lipinski definition) is 1. The summed E-state index contributed by atoms with van der Waals surface area (Å²) in [7, 11) is 0. The molecule has 2 rings (SSSR count). The number of halogens is 4. The van der Waals surface area contributed by atoms with E-state index in [0.29, 0.717) is 5.69 Å². The summed E-state index contributed by atoms with van der Waals surface area (Å²) in [4.78, 5) is 15.8. The van der Waals surface area contributed by atoms with Gasteiger partial charge in [0, 0.05) is 23.0 Å². The number of alkyl halides is 3. The highest BCUT2D eigenvalue weighted by molar-refractivity contribution is 8.00. The first-order valence-electron chi connectivity index (χ1n) is 5.62. The molecule has 1 N–H and O–H groups in total. The molecular weight excluding hydrogens is 325 g/mol. The number of nitrogens with zero attached hydrogens (tertiary/aromatic N) is 1. The Balaban J connectivity index is 2.07. The van der Waals surface area contributed by atoms with Gasteiger partial charge in [-0.1, -0.05) is 11.6 Å². The summed E-state index contributed by atoms with van der Waals surface area (Å²) in [6.07, 6.45) is 2.76. The predicted octanol–water partition coefficient (Wildman–Crippen LogP) is 4.60. The van der Waals surface area contributed by atoms with Crippen molar-refractivity contribution < 1.29 is 18.0 Å². The lowest BCUT2D eigenvalue weighted by atomic mass is 10.2. The van der Waals surface area contributed by atoms with E-state index in [2.05, 4.69) is 10.3 Å². The molecule has 0 unspecified atom stereocenters. The van der Waals surface area contributed by atoms with Crippen LogP contribution in [0.5, 0.6) is 0 Å². The van der Waals surface area contributed by atoms with E-state index in [9.17, 15) is 18.0 Å². The summed E-state index contributed by atoms with van der Waals surface area (Å²) in [5, 5.41) is 2.78. The highest BCUT2D eigenvalue weighted by atomic mass is 35.5. The average Bonchev–Trinajstić information content (AvgIpc) is 2.40.